The topological polar surface area (TPSA) is 38.3 Å². The van der Waals surface area contributed by atoms with Gasteiger partial charge in [-0.3, -0.25) is 0 Å². The molecule has 0 saturated carbocycles. The Labute approximate surface area is 131 Å². The second-order valence-corrected chi connectivity index (χ2v) is 4.91. The van der Waals surface area contributed by atoms with Gasteiger partial charge < -0.3 is 10.1 Å². The van der Waals surface area contributed by atoms with Gasteiger partial charge in [-0.2, -0.15) is 0 Å². The largest absolute Gasteiger partial charge is 0.445 e. The Bertz CT molecular complexity index is 617. The van der Waals surface area contributed by atoms with Crippen LogP contribution in [0.15, 0.2) is 60.7 Å². The molecule has 1 unspecified atom stereocenters. The van der Waals surface area contributed by atoms with Crippen LogP contribution in [0.5, 0.6) is 0 Å². The van der Waals surface area contributed by atoms with E-state index in [1.54, 1.807) is 0 Å². The fourth-order valence-corrected chi connectivity index (χ4v) is 2.14. The molecule has 3 nitrogen and oxygen atoms in total. The van der Waals surface area contributed by atoms with Crippen molar-refractivity contribution in [2.75, 3.05) is 0 Å². The normalized spacial score (nSPS) is 11.2. The Morgan fingerprint density at radius 3 is 2.36 bits per heavy atom. The van der Waals surface area contributed by atoms with E-state index in [4.69, 9.17) is 11.2 Å². The minimum Gasteiger partial charge on any atom is -0.445 e. The second-order valence-electron chi connectivity index (χ2n) is 4.91. The van der Waals surface area contributed by atoms with Crippen LogP contribution in [0.2, 0.25) is 0 Å². The Hall–Kier alpha value is -2.73. The fraction of sp³-hybridized carbons (Fsp3) is 0.211. The molecule has 3 heteroatoms. The van der Waals surface area contributed by atoms with Gasteiger partial charge in [0.1, 0.15) is 6.61 Å². The predicted molar refractivity (Wildman–Crippen MR) is 87.0 cm³/mol. The van der Waals surface area contributed by atoms with Crippen molar-refractivity contribution in [1.82, 2.24) is 5.32 Å². The van der Waals surface area contributed by atoms with Gasteiger partial charge in [0, 0.05) is 6.42 Å². The van der Waals surface area contributed by atoms with Gasteiger partial charge in [-0.1, -0.05) is 60.7 Å². The van der Waals surface area contributed by atoms with Crippen LogP contribution in [0.25, 0.3) is 0 Å². The number of rotatable bonds is 6. The monoisotopic (exact) mass is 293 g/mol. The van der Waals surface area contributed by atoms with Gasteiger partial charge in [-0.15, -0.1) is 12.3 Å². The van der Waals surface area contributed by atoms with E-state index in [0.29, 0.717) is 12.8 Å². The smallest absolute Gasteiger partial charge is 0.407 e. The van der Waals surface area contributed by atoms with Crippen LogP contribution >= 0.6 is 0 Å². The molecule has 0 heterocycles. The summed E-state index contributed by atoms with van der Waals surface area (Å²) in [6.45, 7) is 0.253. The first-order valence-electron chi connectivity index (χ1n) is 7.25. The summed E-state index contributed by atoms with van der Waals surface area (Å²) in [6.07, 6.45) is 6.17. The van der Waals surface area contributed by atoms with Crippen molar-refractivity contribution in [1.29, 1.82) is 0 Å². The number of hydrogen-bond donors (Lipinski definition) is 1. The average molecular weight is 293 g/mol. The molecular weight excluding hydrogens is 274 g/mol. The Kier molecular flexibility index (Phi) is 6.07. The minimum absolute atomic E-state index is 0.138. The predicted octanol–water partition coefficient (Wildman–Crippen LogP) is 4.07. The third-order valence-electron chi connectivity index (χ3n) is 3.28. The van der Waals surface area contributed by atoms with E-state index >= 15 is 0 Å². The molecule has 0 saturated heterocycles. The van der Waals surface area contributed by atoms with Crippen molar-refractivity contribution in [2.24, 2.45) is 0 Å². The molecule has 2 aromatic carbocycles. The van der Waals surface area contributed by atoms with Crippen LogP contribution in [0.3, 0.4) is 0 Å². The summed E-state index contributed by atoms with van der Waals surface area (Å²) in [5.41, 5.74) is 1.98. The molecule has 1 atom stereocenters. The van der Waals surface area contributed by atoms with E-state index in [9.17, 15) is 4.79 Å². The van der Waals surface area contributed by atoms with Gasteiger partial charge in [0.15, 0.2) is 0 Å². The van der Waals surface area contributed by atoms with Crippen molar-refractivity contribution in [3.8, 4) is 12.3 Å². The van der Waals surface area contributed by atoms with Crippen LogP contribution in [0, 0.1) is 12.3 Å². The lowest BCUT2D eigenvalue weighted by molar-refractivity contribution is 0.135. The first-order chi connectivity index (χ1) is 10.8. The number of carbonyl (C=O) groups is 1. The molecule has 0 fully saturated rings. The SMILES string of the molecule is C#CCCC(NC(=O)OCc1ccccc1)c1ccccc1. The summed E-state index contributed by atoms with van der Waals surface area (Å²) in [5.74, 6) is 2.61. The first-order valence-corrected chi connectivity index (χ1v) is 7.25. The molecule has 0 spiro atoms. The van der Waals surface area contributed by atoms with Crippen LogP contribution in [-0.2, 0) is 11.3 Å². The maximum atomic E-state index is 12.0. The van der Waals surface area contributed by atoms with Crippen molar-refractivity contribution in [3.05, 3.63) is 71.8 Å². The third-order valence-corrected chi connectivity index (χ3v) is 3.28. The summed E-state index contributed by atoms with van der Waals surface area (Å²) in [5, 5.41) is 2.88. The number of benzene rings is 2. The van der Waals surface area contributed by atoms with Crippen LogP contribution in [0.4, 0.5) is 4.79 Å². The van der Waals surface area contributed by atoms with E-state index < -0.39 is 6.09 Å². The zero-order valence-corrected chi connectivity index (χ0v) is 12.4. The van der Waals surface area contributed by atoms with Gasteiger partial charge >= 0.3 is 6.09 Å². The standard InChI is InChI=1S/C19H19NO2/c1-2-3-14-18(17-12-8-5-9-13-17)20-19(21)22-15-16-10-6-4-7-11-16/h1,4-13,18H,3,14-15H2,(H,20,21). The molecule has 0 radical (unpaired) electrons. The van der Waals surface area contributed by atoms with Crippen molar-refractivity contribution in [3.63, 3.8) is 0 Å². The Morgan fingerprint density at radius 2 is 1.73 bits per heavy atom. The zero-order valence-electron chi connectivity index (χ0n) is 12.4. The van der Waals surface area contributed by atoms with Crippen LogP contribution < -0.4 is 5.32 Å². The number of nitrogens with one attached hydrogen (secondary N) is 1. The summed E-state index contributed by atoms with van der Waals surface area (Å²) >= 11 is 0. The van der Waals surface area contributed by atoms with Crippen molar-refractivity contribution < 1.29 is 9.53 Å². The van der Waals surface area contributed by atoms with Gasteiger partial charge in [0.2, 0.25) is 0 Å². The first kappa shape index (κ1) is 15.7. The van der Waals surface area contributed by atoms with Crippen LogP contribution in [-0.4, -0.2) is 6.09 Å². The zero-order chi connectivity index (χ0) is 15.6. The molecule has 2 rings (SSSR count). The van der Waals surface area contributed by atoms with Gasteiger partial charge in [0.05, 0.1) is 6.04 Å². The summed E-state index contributed by atoms with van der Waals surface area (Å²) < 4.78 is 5.26. The molecular formula is C19H19NO2. The summed E-state index contributed by atoms with van der Waals surface area (Å²) in [7, 11) is 0. The number of terminal acetylenes is 1. The molecule has 1 amide bonds. The molecule has 2 aromatic rings. The highest BCUT2D eigenvalue weighted by atomic mass is 16.5. The van der Waals surface area contributed by atoms with E-state index in [1.807, 2.05) is 60.7 Å². The molecule has 0 aliphatic rings. The molecule has 1 N–H and O–H groups in total. The number of amides is 1. The summed E-state index contributed by atoms with van der Waals surface area (Å²) in [4.78, 5) is 12.0. The molecule has 0 bridgehead atoms. The van der Waals surface area contributed by atoms with Crippen molar-refractivity contribution in [2.45, 2.75) is 25.5 Å². The number of carbonyl (C=O) groups excluding carboxylic acids is 1. The highest BCUT2D eigenvalue weighted by molar-refractivity contribution is 5.68. The quantitative estimate of drug-likeness (QED) is 0.815. The third kappa shape index (κ3) is 4.99. The Morgan fingerprint density at radius 1 is 1.09 bits per heavy atom. The molecule has 0 aliphatic carbocycles. The molecule has 112 valence electrons. The van der Waals surface area contributed by atoms with E-state index in [1.165, 1.54) is 0 Å². The average Bonchev–Trinajstić information content (AvgIpc) is 2.58. The highest BCUT2D eigenvalue weighted by Crippen LogP contribution is 2.18. The van der Waals surface area contributed by atoms with Gasteiger partial charge in [-0.25, -0.2) is 4.79 Å². The number of hydrogen-bond acceptors (Lipinski definition) is 2. The number of ether oxygens (including phenoxy) is 1. The minimum atomic E-state index is -0.435. The lowest BCUT2D eigenvalue weighted by Crippen LogP contribution is -2.29. The van der Waals surface area contributed by atoms with E-state index in [2.05, 4.69) is 11.2 Å². The lowest BCUT2D eigenvalue weighted by Gasteiger charge is -2.18. The van der Waals surface area contributed by atoms with Gasteiger partial charge in [-0.05, 0) is 17.5 Å². The fourth-order valence-electron chi connectivity index (χ4n) is 2.14. The van der Waals surface area contributed by atoms with Crippen LogP contribution in [0.1, 0.15) is 30.0 Å². The summed E-state index contributed by atoms with van der Waals surface area (Å²) in [6, 6.07) is 19.2. The van der Waals surface area contributed by atoms with E-state index in [0.717, 1.165) is 11.1 Å². The van der Waals surface area contributed by atoms with Gasteiger partial charge in [0.25, 0.3) is 0 Å². The van der Waals surface area contributed by atoms with Crippen molar-refractivity contribution >= 4 is 6.09 Å². The molecule has 0 aromatic heterocycles. The maximum Gasteiger partial charge on any atom is 0.407 e. The lowest BCUT2D eigenvalue weighted by atomic mass is 10.0. The Balaban J connectivity index is 1.92. The second kappa shape index (κ2) is 8.53. The van der Waals surface area contributed by atoms with E-state index in [-0.39, 0.29) is 12.6 Å². The number of alkyl carbamates (subject to hydrolysis) is 1. The maximum absolute atomic E-state index is 12.0. The highest BCUT2D eigenvalue weighted by Gasteiger charge is 2.14. The molecule has 22 heavy (non-hydrogen) atoms. The molecule has 0 aliphatic heterocycles.